The van der Waals surface area contributed by atoms with E-state index in [1.165, 1.54) is 11.6 Å². The van der Waals surface area contributed by atoms with Crippen LogP contribution in [0.25, 0.3) is 0 Å². The highest BCUT2D eigenvalue weighted by atomic mass is 16.5. The third-order valence-electron chi connectivity index (χ3n) is 6.06. The van der Waals surface area contributed by atoms with Gasteiger partial charge in [0.15, 0.2) is 6.29 Å². The van der Waals surface area contributed by atoms with Crippen molar-refractivity contribution in [2.45, 2.75) is 37.3 Å². The molecule has 0 amide bonds. The molecule has 1 aliphatic heterocycles. The van der Waals surface area contributed by atoms with Gasteiger partial charge in [0.05, 0.1) is 30.9 Å². The van der Waals surface area contributed by atoms with Gasteiger partial charge in [-0.2, -0.15) is 5.26 Å². The van der Waals surface area contributed by atoms with Crippen molar-refractivity contribution in [2.75, 3.05) is 26.4 Å². The highest BCUT2D eigenvalue weighted by molar-refractivity contribution is 5.86. The van der Waals surface area contributed by atoms with Crippen LogP contribution in [0.1, 0.15) is 40.9 Å². The second-order valence-electron chi connectivity index (χ2n) is 7.82. The molecule has 1 unspecified atom stereocenters. The molecule has 2 fully saturated rings. The summed E-state index contributed by atoms with van der Waals surface area (Å²) in [5.74, 6) is 0.346. The summed E-state index contributed by atoms with van der Waals surface area (Å²) < 4.78 is 11.7. The van der Waals surface area contributed by atoms with E-state index in [0.29, 0.717) is 44.7 Å². The van der Waals surface area contributed by atoms with Crippen molar-refractivity contribution in [3.63, 3.8) is 0 Å². The molecule has 0 bridgehead atoms. The minimum absolute atomic E-state index is 0.0207. The van der Waals surface area contributed by atoms with Crippen LogP contribution < -0.4 is 4.74 Å². The number of hydrogen-bond acceptors (Lipinski definition) is 8. The Morgan fingerprint density at radius 2 is 2.23 bits per heavy atom. The number of carbonyl (C=O) groups is 1. The van der Waals surface area contributed by atoms with E-state index >= 15 is 0 Å². The summed E-state index contributed by atoms with van der Waals surface area (Å²) in [4.78, 5) is 29.4. The molecular weight excluding hydrogens is 396 g/mol. The molecule has 8 heteroatoms. The van der Waals surface area contributed by atoms with E-state index in [0.717, 1.165) is 25.1 Å². The number of ether oxygens (including phenoxy) is 2. The lowest BCUT2D eigenvalue weighted by Crippen LogP contribution is -2.53. The number of nitriles is 1. The Balaban J connectivity index is 1.56. The number of morpholine rings is 1. The Morgan fingerprint density at radius 1 is 1.35 bits per heavy atom. The third kappa shape index (κ3) is 4.20. The summed E-state index contributed by atoms with van der Waals surface area (Å²) >= 11 is 0. The standard InChI is InChI=1S/C23H24N4O4/c24-10-2-6-21-19(4-3-11-25-21)23(8-9-23)27-12-13-30-15-17(27)16-31-22-7-1-5-20(26-29)18(22)14-28/h1,3-5,7,11,14,17H,2,6,8-9,12-13,15-16H2. The Bertz CT molecular complexity index is 999. The van der Waals surface area contributed by atoms with Crippen molar-refractivity contribution in [1.82, 2.24) is 9.88 Å². The topological polar surface area (TPSA) is 105 Å². The zero-order chi connectivity index (χ0) is 21.7. The van der Waals surface area contributed by atoms with Gasteiger partial charge in [0.2, 0.25) is 0 Å². The highest BCUT2D eigenvalue weighted by Crippen LogP contribution is 2.53. The average Bonchev–Trinajstić information content (AvgIpc) is 3.63. The molecule has 0 radical (unpaired) electrons. The fraction of sp³-hybridized carbons (Fsp3) is 0.435. The molecule has 2 aromatic rings. The lowest BCUT2D eigenvalue weighted by atomic mass is 9.96. The first kappa shape index (κ1) is 21.1. The number of aromatic nitrogens is 1. The number of benzene rings is 1. The van der Waals surface area contributed by atoms with Gasteiger partial charge in [-0.3, -0.25) is 14.7 Å². The fourth-order valence-electron chi connectivity index (χ4n) is 4.46. The largest absolute Gasteiger partial charge is 0.491 e. The maximum atomic E-state index is 11.5. The minimum atomic E-state index is -0.128. The number of rotatable bonds is 9. The van der Waals surface area contributed by atoms with Crippen LogP contribution >= 0.6 is 0 Å². The van der Waals surface area contributed by atoms with Gasteiger partial charge < -0.3 is 9.47 Å². The van der Waals surface area contributed by atoms with Gasteiger partial charge in [0.1, 0.15) is 18.0 Å². The van der Waals surface area contributed by atoms with Crippen molar-refractivity contribution < 1.29 is 14.3 Å². The maximum Gasteiger partial charge on any atom is 0.156 e. The van der Waals surface area contributed by atoms with E-state index in [1.807, 2.05) is 6.07 Å². The summed E-state index contributed by atoms with van der Waals surface area (Å²) in [6, 6.07) is 11.1. The van der Waals surface area contributed by atoms with E-state index in [9.17, 15) is 9.70 Å². The Kier molecular flexibility index (Phi) is 6.35. The lowest BCUT2D eigenvalue weighted by Gasteiger charge is -2.42. The van der Waals surface area contributed by atoms with Crippen LogP contribution in [0.5, 0.6) is 5.75 Å². The SMILES string of the molecule is N#CCCc1ncccc1C1(N2CCOCC2COc2cccc(N=O)c2C=O)CC1. The smallest absolute Gasteiger partial charge is 0.156 e. The van der Waals surface area contributed by atoms with E-state index in [-0.39, 0.29) is 22.8 Å². The fourth-order valence-corrected chi connectivity index (χ4v) is 4.46. The predicted molar refractivity (Wildman–Crippen MR) is 113 cm³/mol. The van der Waals surface area contributed by atoms with Crippen LogP contribution in [0.3, 0.4) is 0 Å². The van der Waals surface area contributed by atoms with Gasteiger partial charge >= 0.3 is 0 Å². The molecule has 160 valence electrons. The van der Waals surface area contributed by atoms with Crippen LogP contribution in [-0.4, -0.2) is 48.6 Å². The van der Waals surface area contributed by atoms with Gasteiger partial charge in [0, 0.05) is 36.8 Å². The molecule has 1 aromatic heterocycles. The van der Waals surface area contributed by atoms with Gasteiger partial charge in [-0.15, -0.1) is 4.91 Å². The number of nitrogens with zero attached hydrogens (tertiary/aromatic N) is 4. The second kappa shape index (κ2) is 9.33. The Hall–Kier alpha value is -3.15. The van der Waals surface area contributed by atoms with Crippen LogP contribution in [0, 0.1) is 16.2 Å². The molecule has 2 aliphatic rings. The lowest BCUT2D eigenvalue weighted by molar-refractivity contribution is -0.0522. The van der Waals surface area contributed by atoms with E-state index in [2.05, 4.69) is 27.2 Å². The second-order valence-corrected chi connectivity index (χ2v) is 7.82. The van der Waals surface area contributed by atoms with Crippen LogP contribution in [0.4, 0.5) is 5.69 Å². The molecule has 1 saturated carbocycles. The summed E-state index contributed by atoms with van der Waals surface area (Å²) in [6.07, 6.45) is 5.47. The predicted octanol–water partition coefficient (Wildman–Crippen LogP) is 3.52. The first-order chi connectivity index (χ1) is 15.2. The van der Waals surface area contributed by atoms with E-state index < -0.39 is 0 Å². The maximum absolute atomic E-state index is 11.5. The van der Waals surface area contributed by atoms with Crippen LogP contribution in [-0.2, 0) is 16.7 Å². The molecule has 2 heterocycles. The van der Waals surface area contributed by atoms with Gasteiger partial charge in [-0.25, -0.2) is 0 Å². The van der Waals surface area contributed by atoms with E-state index in [1.54, 1.807) is 18.3 Å². The number of pyridine rings is 1. The first-order valence-electron chi connectivity index (χ1n) is 10.4. The number of nitroso groups, excluding NO2 is 1. The number of carbonyl (C=O) groups excluding carboxylic acids is 1. The normalized spacial score (nSPS) is 19.9. The molecule has 1 aliphatic carbocycles. The van der Waals surface area contributed by atoms with Gasteiger partial charge in [0.25, 0.3) is 0 Å². The molecule has 0 N–H and O–H groups in total. The summed E-state index contributed by atoms with van der Waals surface area (Å²) in [6.45, 7) is 2.23. The first-order valence-corrected chi connectivity index (χ1v) is 10.4. The molecule has 4 rings (SSSR count). The van der Waals surface area contributed by atoms with Crippen LogP contribution in [0.15, 0.2) is 41.7 Å². The monoisotopic (exact) mass is 420 g/mol. The van der Waals surface area contributed by atoms with Crippen molar-refractivity contribution >= 4 is 12.0 Å². The quantitative estimate of drug-likeness (QED) is 0.451. The summed E-state index contributed by atoms with van der Waals surface area (Å²) in [5, 5.41) is 11.9. The minimum Gasteiger partial charge on any atom is -0.491 e. The summed E-state index contributed by atoms with van der Waals surface area (Å²) in [5.41, 5.74) is 2.25. The molecule has 0 spiro atoms. The average molecular weight is 420 g/mol. The van der Waals surface area contributed by atoms with Crippen molar-refractivity contribution in [3.05, 3.63) is 58.3 Å². The van der Waals surface area contributed by atoms with Crippen molar-refractivity contribution in [2.24, 2.45) is 5.18 Å². The number of aryl methyl sites for hydroxylation is 1. The Labute approximate surface area is 180 Å². The van der Waals surface area contributed by atoms with Gasteiger partial charge in [-0.05, 0) is 41.8 Å². The molecule has 1 atom stereocenters. The Morgan fingerprint density at radius 3 is 2.97 bits per heavy atom. The number of hydrogen-bond donors (Lipinski definition) is 0. The summed E-state index contributed by atoms with van der Waals surface area (Å²) in [7, 11) is 0. The zero-order valence-corrected chi connectivity index (χ0v) is 17.2. The molecule has 1 aromatic carbocycles. The molecule has 8 nitrogen and oxygen atoms in total. The zero-order valence-electron chi connectivity index (χ0n) is 17.2. The van der Waals surface area contributed by atoms with Crippen molar-refractivity contribution in [3.8, 4) is 11.8 Å². The van der Waals surface area contributed by atoms with Gasteiger partial charge in [-0.1, -0.05) is 12.1 Å². The molecular formula is C23H24N4O4. The highest BCUT2D eigenvalue weighted by Gasteiger charge is 2.53. The molecule has 1 saturated heterocycles. The third-order valence-corrected chi connectivity index (χ3v) is 6.06. The van der Waals surface area contributed by atoms with E-state index in [4.69, 9.17) is 14.7 Å². The van der Waals surface area contributed by atoms with Crippen molar-refractivity contribution in [1.29, 1.82) is 5.26 Å². The number of aldehydes is 1. The molecule has 31 heavy (non-hydrogen) atoms. The van der Waals surface area contributed by atoms with Crippen LogP contribution in [0.2, 0.25) is 0 Å².